The number of halogens is 3. The number of alkyl halides is 3. The van der Waals surface area contributed by atoms with Crippen LogP contribution in [0.25, 0.3) is 0 Å². The van der Waals surface area contributed by atoms with Gasteiger partial charge in [-0.05, 0) is 32.2 Å². The maximum Gasteiger partial charge on any atom is 0.390 e. The van der Waals surface area contributed by atoms with Crippen LogP contribution in [-0.4, -0.2) is 18.8 Å². The van der Waals surface area contributed by atoms with E-state index in [0.717, 1.165) is 6.54 Å². The molecule has 1 atom stereocenters. The first kappa shape index (κ1) is 9.84. The van der Waals surface area contributed by atoms with Crippen LogP contribution < -0.4 is 5.32 Å². The highest BCUT2D eigenvalue weighted by Crippen LogP contribution is 2.28. The van der Waals surface area contributed by atoms with Crippen molar-refractivity contribution in [3.8, 4) is 0 Å². The van der Waals surface area contributed by atoms with Gasteiger partial charge in [-0.3, -0.25) is 0 Å². The summed E-state index contributed by atoms with van der Waals surface area (Å²) in [6.45, 7) is 2.33. The van der Waals surface area contributed by atoms with Crippen LogP contribution in [-0.2, 0) is 0 Å². The third-order valence-corrected chi connectivity index (χ3v) is 1.99. The minimum absolute atomic E-state index is 0.439. The highest BCUT2D eigenvalue weighted by Gasteiger charge is 2.30. The molecule has 1 rings (SSSR count). The summed E-state index contributed by atoms with van der Waals surface area (Å²) < 4.78 is 35.4. The van der Waals surface area contributed by atoms with Crippen molar-refractivity contribution in [2.75, 3.05) is 6.54 Å². The van der Waals surface area contributed by atoms with Gasteiger partial charge in [-0.15, -0.1) is 0 Å². The standard InChI is InChI=1S/C8H14F3N/c1-6(4-8(9,10)11)12-5-7-2-3-7/h6-7,12H,2-5H2,1H3. The van der Waals surface area contributed by atoms with E-state index in [1.54, 1.807) is 6.92 Å². The zero-order valence-corrected chi connectivity index (χ0v) is 7.12. The summed E-state index contributed by atoms with van der Waals surface area (Å²) in [4.78, 5) is 0. The highest BCUT2D eigenvalue weighted by atomic mass is 19.4. The molecule has 0 aromatic carbocycles. The van der Waals surface area contributed by atoms with Crippen LogP contribution in [0.3, 0.4) is 0 Å². The molecule has 1 fully saturated rings. The van der Waals surface area contributed by atoms with Crippen LogP contribution >= 0.6 is 0 Å². The SMILES string of the molecule is CC(CC(F)(F)F)NCC1CC1. The van der Waals surface area contributed by atoms with E-state index in [2.05, 4.69) is 5.32 Å². The number of hydrogen-bond acceptors (Lipinski definition) is 1. The number of hydrogen-bond donors (Lipinski definition) is 1. The lowest BCUT2D eigenvalue weighted by molar-refractivity contribution is -0.139. The van der Waals surface area contributed by atoms with Crippen LogP contribution in [0, 0.1) is 5.92 Å². The summed E-state index contributed by atoms with van der Waals surface area (Å²) in [6, 6.07) is -0.439. The molecule has 0 saturated heterocycles. The van der Waals surface area contributed by atoms with Gasteiger partial charge in [0.1, 0.15) is 0 Å². The van der Waals surface area contributed by atoms with Gasteiger partial charge in [0.2, 0.25) is 0 Å². The molecular formula is C8H14F3N. The first-order valence-electron chi connectivity index (χ1n) is 4.27. The van der Waals surface area contributed by atoms with E-state index < -0.39 is 18.6 Å². The van der Waals surface area contributed by atoms with Crippen LogP contribution in [0.5, 0.6) is 0 Å². The molecule has 0 aromatic rings. The van der Waals surface area contributed by atoms with E-state index in [9.17, 15) is 13.2 Å². The van der Waals surface area contributed by atoms with Crippen molar-refractivity contribution in [3.05, 3.63) is 0 Å². The van der Waals surface area contributed by atoms with Gasteiger partial charge in [-0.2, -0.15) is 13.2 Å². The normalized spacial score (nSPS) is 21.0. The average molecular weight is 181 g/mol. The molecule has 72 valence electrons. The molecule has 4 heteroatoms. The molecule has 0 heterocycles. The Balaban J connectivity index is 2.05. The van der Waals surface area contributed by atoms with Crippen molar-refractivity contribution in [1.82, 2.24) is 5.32 Å². The van der Waals surface area contributed by atoms with Crippen LogP contribution in [0.4, 0.5) is 13.2 Å². The fourth-order valence-electron chi connectivity index (χ4n) is 1.11. The van der Waals surface area contributed by atoms with Crippen molar-refractivity contribution in [1.29, 1.82) is 0 Å². The van der Waals surface area contributed by atoms with Gasteiger partial charge < -0.3 is 5.32 Å². The van der Waals surface area contributed by atoms with E-state index >= 15 is 0 Å². The first-order valence-corrected chi connectivity index (χ1v) is 4.27. The lowest BCUT2D eigenvalue weighted by Crippen LogP contribution is -2.32. The lowest BCUT2D eigenvalue weighted by atomic mass is 10.2. The van der Waals surface area contributed by atoms with E-state index in [0.29, 0.717) is 5.92 Å². The molecule has 0 spiro atoms. The smallest absolute Gasteiger partial charge is 0.314 e. The van der Waals surface area contributed by atoms with Gasteiger partial charge in [0.05, 0.1) is 6.42 Å². The molecular weight excluding hydrogens is 167 g/mol. The Hall–Kier alpha value is -0.250. The molecule has 12 heavy (non-hydrogen) atoms. The topological polar surface area (TPSA) is 12.0 Å². The number of rotatable bonds is 4. The molecule has 0 aromatic heterocycles. The van der Waals surface area contributed by atoms with E-state index in [-0.39, 0.29) is 0 Å². The highest BCUT2D eigenvalue weighted by molar-refractivity contribution is 4.77. The van der Waals surface area contributed by atoms with Crippen molar-refractivity contribution < 1.29 is 13.2 Å². The van der Waals surface area contributed by atoms with Gasteiger partial charge in [0.25, 0.3) is 0 Å². The lowest BCUT2D eigenvalue weighted by Gasteiger charge is -2.15. The number of nitrogens with one attached hydrogen (secondary N) is 1. The molecule has 1 aliphatic carbocycles. The summed E-state index contributed by atoms with van der Waals surface area (Å²) in [5.41, 5.74) is 0. The Morgan fingerprint density at radius 2 is 2.00 bits per heavy atom. The Bertz CT molecular complexity index is 140. The van der Waals surface area contributed by atoms with Gasteiger partial charge in [-0.1, -0.05) is 0 Å². The zero-order valence-electron chi connectivity index (χ0n) is 7.12. The van der Waals surface area contributed by atoms with Crippen molar-refractivity contribution in [3.63, 3.8) is 0 Å². The van der Waals surface area contributed by atoms with Gasteiger partial charge in [0.15, 0.2) is 0 Å². The van der Waals surface area contributed by atoms with Crippen molar-refractivity contribution in [2.24, 2.45) is 5.92 Å². The Morgan fingerprint density at radius 1 is 1.42 bits per heavy atom. The quantitative estimate of drug-likeness (QED) is 0.701. The Labute approximate surface area is 70.3 Å². The fraction of sp³-hybridized carbons (Fsp3) is 1.00. The Kier molecular flexibility index (Phi) is 2.99. The van der Waals surface area contributed by atoms with E-state index in [1.807, 2.05) is 0 Å². The molecule has 1 unspecified atom stereocenters. The zero-order chi connectivity index (χ0) is 9.19. The summed E-state index contributed by atoms with van der Waals surface area (Å²) in [5, 5.41) is 2.88. The monoisotopic (exact) mass is 181 g/mol. The third-order valence-electron chi connectivity index (χ3n) is 1.99. The maximum absolute atomic E-state index is 11.8. The predicted octanol–water partition coefficient (Wildman–Crippen LogP) is 2.33. The third kappa shape index (κ3) is 4.59. The first-order chi connectivity index (χ1) is 5.47. The average Bonchev–Trinajstić information content (AvgIpc) is 2.61. The molecule has 0 amide bonds. The van der Waals surface area contributed by atoms with Gasteiger partial charge in [0, 0.05) is 6.04 Å². The summed E-state index contributed by atoms with van der Waals surface area (Å²) in [7, 11) is 0. The summed E-state index contributed by atoms with van der Waals surface area (Å²) in [5.74, 6) is 0.640. The predicted molar refractivity (Wildman–Crippen MR) is 40.9 cm³/mol. The molecule has 1 aliphatic rings. The van der Waals surface area contributed by atoms with E-state index in [1.165, 1.54) is 12.8 Å². The van der Waals surface area contributed by atoms with Crippen LogP contribution in [0.1, 0.15) is 26.2 Å². The summed E-state index contributed by atoms with van der Waals surface area (Å²) >= 11 is 0. The largest absolute Gasteiger partial charge is 0.390 e. The van der Waals surface area contributed by atoms with Gasteiger partial charge >= 0.3 is 6.18 Å². The molecule has 0 aliphatic heterocycles. The fourth-order valence-corrected chi connectivity index (χ4v) is 1.11. The second-order valence-corrected chi connectivity index (χ2v) is 3.57. The minimum Gasteiger partial charge on any atom is -0.314 e. The van der Waals surface area contributed by atoms with Crippen molar-refractivity contribution in [2.45, 2.75) is 38.4 Å². The molecule has 1 N–H and O–H groups in total. The van der Waals surface area contributed by atoms with Crippen LogP contribution in [0.2, 0.25) is 0 Å². The minimum atomic E-state index is -4.03. The van der Waals surface area contributed by atoms with E-state index in [4.69, 9.17) is 0 Å². The molecule has 0 bridgehead atoms. The Morgan fingerprint density at radius 3 is 2.42 bits per heavy atom. The second kappa shape index (κ2) is 3.64. The molecule has 1 saturated carbocycles. The van der Waals surface area contributed by atoms with Crippen molar-refractivity contribution >= 4 is 0 Å². The molecule has 1 nitrogen and oxygen atoms in total. The second-order valence-electron chi connectivity index (χ2n) is 3.57. The van der Waals surface area contributed by atoms with Crippen LogP contribution in [0.15, 0.2) is 0 Å². The maximum atomic E-state index is 11.8. The van der Waals surface area contributed by atoms with Gasteiger partial charge in [-0.25, -0.2) is 0 Å². The molecule has 0 radical (unpaired) electrons. The summed E-state index contributed by atoms with van der Waals surface area (Å²) in [6.07, 6.45) is -2.41.